The zero-order valence-electron chi connectivity index (χ0n) is 41.8. The number of esters is 1. The molecule has 3 aromatic carbocycles. The molecule has 6 rings (SSSR count). The summed E-state index contributed by atoms with van der Waals surface area (Å²) < 4.78 is 11.2. The van der Waals surface area contributed by atoms with Crippen molar-refractivity contribution in [2.45, 2.75) is 141 Å². The number of rotatable bonds is 14. The van der Waals surface area contributed by atoms with Crippen LogP contribution in [0.4, 0.5) is 4.79 Å². The molecular weight excluding hydrogens is 925 g/mol. The quantitative estimate of drug-likeness (QED) is 0.146. The van der Waals surface area contributed by atoms with Crippen LogP contribution in [0.1, 0.15) is 89.8 Å². The number of piperidine rings is 1. The van der Waals surface area contributed by atoms with Crippen molar-refractivity contribution in [1.29, 1.82) is 0 Å². The van der Waals surface area contributed by atoms with Crippen molar-refractivity contribution >= 4 is 53.2 Å². The van der Waals surface area contributed by atoms with Crippen molar-refractivity contribution in [3.63, 3.8) is 0 Å². The minimum Gasteiger partial charge on any atom is -0.460 e. The lowest BCUT2D eigenvalue weighted by Crippen LogP contribution is -2.62. The monoisotopic (exact) mass is 992 g/mol. The van der Waals surface area contributed by atoms with Crippen molar-refractivity contribution < 1.29 is 57.7 Å². The van der Waals surface area contributed by atoms with Crippen LogP contribution >= 0.6 is 0 Å². The number of likely N-dealkylation sites (N-methyl/N-ethyl adjacent to an activating group) is 1. The fraction of sp³-hybridized carbons (Fsp3) is 0.500. The second kappa shape index (κ2) is 24.9. The van der Waals surface area contributed by atoms with Gasteiger partial charge in [0.05, 0.1) is 18.0 Å². The van der Waals surface area contributed by atoms with E-state index >= 15 is 4.79 Å². The molecular formula is C54H68N6O12. The second-order valence-electron chi connectivity index (χ2n) is 19.7. The molecule has 10 atom stereocenters. The summed E-state index contributed by atoms with van der Waals surface area (Å²) in [6, 6.07) is 19.4. The van der Waals surface area contributed by atoms with Crippen LogP contribution in [-0.4, -0.2) is 124 Å². The zero-order chi connectivity index (χ0) is 52.2. The number of cyclic esters (lactones) is 1. The molecule has 3 fully saturated rings. The van der Waals surface area contributed by atoms with Gasteiger partial charge in [0, 0.05) is 38.6 Å². The van der Waals surface area contributed by atoms with Gasteiger partial charge in [-0.3, -0.25) is 33.6 Å². The maximum absolute atomic E-state index is 15.0. The van der Waals surface area contributed by atoms with Crippen LogP contribution in [0.25, 0.3) is 0 Å². The Morgan fingerprint density at radius 2 is 1.29 bits per heavy atom. The normalized spacial score (nSPS) is 25.7. The topological polar surface area (TPSA) is 247 Å². The minimum absolute atomic E-state index is 0.00825. The lowest BCUT2D eigenvalue weighted by Gasteiger charge is -2.43. The third-order valence-corrected chi connectivity index (χ3v) is 13.8. The molecule has 3 aliphatic rings. The van der Waals surface area contributed by atoms with Gasteiger partial charge in [-0.05, 0) is 75.0 Å². The van der Waals surface area contributed by atoms with Crippen LogP contribution in [0.5, 0.6) is 0 Å². The van der Waals surface area contributed by atoms with E-state index in [9.17, 15) is 43.5 Å². The standard InChI is InChI=1S/C54H68N6O12/c1-31(2)46-53(69)72-34(5)40(29-43(61)32(3)55-48(64)33(4)56-54(70)71-30-37-20-14-9-15-21-37)49(65)58-47(38-22-23-38)44(62)28-39-24-25-45(63)60(51(39)67)42(27-36-18-12-8-13-19-36)52(68)59(6)41(50(66)57-46)26-35-16-10-7-11-17-35/h7-21,31-34,38-42,45-47,63H,22-30H2,1-6H3,(H,55,64)(H,56,70)(H,57,66)(H,58,65)/t32-,33-,34+,39+,40-,41-,42-,45+,46-,47-/m0/s1. The predicted octanol–water partition coefficient (Wildman–Crippen LogP) is 3.56. The highest BCUT2D eigenvalue weighted by molar-refractivity contribution is 5.98. The Balaban J connectivity index is 1.30. The lowest BCUT2D eigenvalue weighted by molar-refractivity contribution is -0.167. The maximum Gasteiger partial charge on any atom is 0.408 e. The van der Waals surface area contributed by atoms with Crippen molar-refractivity contribution in [2.75, 3.05) is 7.05 Å². The molecule has 2 bridgehead atoms. The summed E-state index contributed by atoms with van der Waals surface area (Å²) in [6.07, 6.45) is -3.22. The Morgan fingerprint density at radius 3 is 1.86 bits per heavy atom. The maximum atomic E-state index is 15.0. The second-order valence-corrected chi connectivity index (χ2v) is 19.7. The summed E-state index contributed by atoms with van der Waals surface area (Å²) in [4.78, 5) is 130. The van der Waals surface area contributed by atoms with E-state index in [0.717, 1.165) is 10.5 Å². The first kappa shape index (κ1) is 54.4. The highest BCUT2D eigenvalue weighted by Crippen LogP contribution is 2.36. The van der Waals surface area contributed by atoms with Gasteiger partial charge in [0.1, 0.15) is 43.1 Å². The number of nitrogens with one attached hydrogen (secondary N) is 4. The molecule has 18 nitrogen and oxygen atoms in total. The Labute approximate surface area is 420 Å². The number of Topliss-reactive ketones (excluding diaryl/α,β-unsaturated/α-hetero) is 2. The molecule has 6 amide bonds. The van der Waals surface area contributed by atoms with Crippen molar-refractivity contribution in [1.82, 2.24) is 31.1 Å². The van der Waals surface area contributed by atoms with Crippen LogP contribution in [0.15, 0.2) is 91.0 Å². The largest absolute Gasteiger partial charge is 0.460 e. The van der Waals surface area contributed by atoms with Gasteiger partial charge in [0.2, 0.25) is 29.5 Å². The number of amides is 6. The molecule has 0 unspecified atom stereocenters. The molecule has 5 N–H and O–H groups in total. The molecule has 72 heavy (non-hydrogen) atoms. The minimum atomic E-state index is -1.42. The van der Waals surface area contributed by atoms with E-state index in [1.54, 1.807) is 98.8 Å². The number of fused-ring (bicyclic) bond motifs is 2. The molecule has 18 heteroatoms. The third-order valence-electron chi connectivity index (χ3n) is 13.8. The van der Waals surface area contributed by atoms with Gasteiger partial charge < -0.3 is 45.6 Å². The third kappa shape index (κ3) is 14.4. The molecule has 2 heterocycles. The Morgan fingerprint density at radius 1 is 0.722 bits per heavy atom. The van der Waals surface area contributed by atoms with Gasteiger partial charge in [0.15, 0.2) is 11.6 Å². The molecule has 2 aliphatic heterocycles. The van der Waals surface area contributed by atoms with E-state index in [-0.39, 0.29) is 44.6 Å². The van der Waals surface area contributed by atoms with E-state index in [1.807, 2.05) is 6.07 Å². The average Bonchev–Trinajstić information content (AvgIpc) is 4.21. The van der Waals surface area contributed by atoms with Crippen LogP contribution in [0.3, 0.4) is 0 Å². The predicted molar refractivity (Wildman–Crippen MR) is 263 cm³/mol. The fourth-order valence-corrected chi connectivity index (χ4v) is 9.19. The summed E-state index contributed by atoms with van der Waals surface area (Å²) in [6.45, 7) is 7.53. The van der Waals surface area contributed by atoms with Gasteiger partial charge >= 0.3 is 12.1 Å². The molecule has 0 aromatic heterocycles. The van der Waals surface area contributed by atoms with Crippen molar-refractivity contribution in [2.24, 2.45) is 23.7 Å². The Hall–Kier alpha value is -6.95. The van der Waals surface area contributed by atoms with Gasteiger partial charge in [0.25, 0.3) is 0 Å². The summed E-state index contributed by atoms with van der Waals surface area (Å²) >= 11 is 0. The SMILES string of the molecule is CC(C)[C@@H]1NC(=O)[C@H](Cc2ccccc2)N(C)C(=O)[C@H](Cc2ccccc2)N2C(=O)[C@H](CC[C@H]2O)CC(=O)[C@H](C2CC2)NC(=O)[C@@H](CC(=O)[C@H](C)NC(=O)[C@H](C)NC(=O)OCc2ccccc2)[C@@H](C)OC1=O. The highest BCUT2D eigenvalue weighted by Gasteiger charge is 2.47. The number of carbonyl (C=O) groups is 9. The summed E-state index contributed by atoms with van der Waals surface area (Å²) in [5.41, 5.74) is 2.09. The van der Waals surface area contributed by atoms with Crippen LogP contribution in [0, 0.1) is 23.7 Å². The number of aliphatic hydroxyl groups excluding tert-OH is 1. The number of hydrogen-bond acceptors (Lipinski definition) is 12. The van der Waals surface area contributed by atoms with E-state index in [4.69, 9.17) is 9.47 Å². The summed E-state index contributed by atoms with van der Waals surface area (Å²) in [5, 5.41) is 22.2. The van der Waals surface area contributed by atoms with Crippen LogP contribution in [-0.2, 0) is 67.3 Å². The first-order valence-corrected chi connectivity index (χ1v) is 24.8. The van der Waals surface area contributed by atoms with Gasteiger partial charge in [-0.1, -0.05) is 105 Å². The first-order valence-electron chi connectivity index (χ1n) is 24.8. The highest BCUT2D eigenvalue weighted by atomic mass is 16.6. The molecule has 1 saturated carbocycles. The van der Waals surface area contributed by atoms with Crippen LogP contribution < -0.4 is 21.3 Å². The number of hydrogen-bond donors (Lipinski definition) is 5. The van der Waals surface area contributed by atoms with Crippen molar-refractivity contribution in [3.05, 3.63) is 108 Å². The molecule has 2 saturated heterocycles. The van der Waals surface area contributed by atoms with E-state index in [0.29, 0.717) is 24.0 Å². The van der Waals surface area contributed by atoms with E-state index in [2.05, 4.69) is 21.3 Å². The molecule has 386 valence electrons. The number of nitrogens with zero attached hydrogens (tertiary/aromatic N) is 2. The number of ether oxygens (including phenoxy) is 2. The Kier molecular flexibility index (Phi) is 18.8. The smallest absolute Gasteiger partial charge is 0.408 e. The van der Waals surface area contributed by atoms with Gasteiger partial charge in [-0.2, -0.15) is 0 Å². The molecule has 0 radical (unpaired) electrons. The number of ketones is 2. The molecule has 1 aliphatic carbocycles. The van der Waals surface area contributed by atoms with Gasteiger partial charge in [-0.15, -0.1) is 0 Å². The van der Waals surface area contributed by atoms with Crippen LogP contribution in [0.2, 0.25) is 0 Å². The fourth-order valence-electron chi connectivity index (χ4n) is 9.19. The number of alkyl carbamates (subject to hydrolysis) is 1. The number of carbonyl (C=O) groups excluding carboxylic acids is 9. The lowest BCUT2D eigenvalue weighted by atomic mass is 9.86. The first-order chi connectivity index (χ1) is 34.3. The summed E-state index contributed by atoms with van der Waals surface area (Å²) in [5.74, 6) is -8.85. The average molecular weight is 993 g/mol. The number of benzene rings is 3. The van der Waals surface area contributed by atoms with Crippen molar-refractivity contribution in [3.8, 4) is 0 Å². The zero-order valence-corrected chi connectivity index (χ0v) is 41.8. The number of aliphatic hydroxyl groups is 1. The summed E-state index contributed by atoms with van der Waals surface area (Å²) in [7, 11) is 1.43. The molecule has 3 aromatic rings. The van der Waals surface area contributed by atoms with Gasteiger partial charge in [-0.25, -0.2) is 9.59 Å². The van der Waals surface area contributed by atoms with E-state index < -0.39 is 126 Å². The Bertz CT molecular complexity index is 2420. The molecule has 0 spiro atoms. The van der Waals surface area contributed by atoms with E-state index in [1.165, 1.54) is 32.7 Å².